The van der Waals surface area contributed by atoms with Crippen molar-refractivity contribution in [3.8, 4) is 5.75 Å². The lowest BCUT2D eigenvalue weighted by Crippen LogP contribution is -2.46. The van der Waals surface area contributed by atoms with Crippen LogP contribution >= 0.6 is 0 Å². The molecule has 2 N–H and O–H groups in total. The number of nitrogens with one attached hydrogen (secondary N) is 1. The molecule has 0 aliphatic heterocycles. The fourth-order valence-corrected chi connectivity index (χ4v) is 2.42. The van der Waals surface area contributed by atoms with Gasteiger partial charge in [-0.05, 0) is 58.0 Å². The van der Waals surface area contributed by atoms with Gasteiger partial charge in [0.2, 0.25) is 0 Å². The van der Waals surface area contributed by atoms with E-state index >= 15 is 0 Å². The van der Waals surface area contributed by atoms with Crippen molar-refractivity contribution in [3.05, 3.63) is 29.8 Å². The summed E-state index contributed by atoms with van der Waals surface area (Å²) >= 11 is 0. The average molecular weight is 292 g/mol. The minimum Gasteiger partial charge on any atom is -0.492 e. The van der Waals surface area contributed by atoms with Gasteiger partial charge < -0.3 is 20.1 Å². The van der Waals surface area contributed by atoms with Crippen LogP contribution in [0.4, 0.5) is 0 Å². The highest BCUT2D eigenvalue weighted by Crippen LogP contribution is 2.31. The molecule has 1 unspecified atom stereocenters. The van der Waals surface area contributed by atoms with Crippen molar-refractivity contribution in [2.75, 3.05) is 33.8 Å². The average Bonchev–Trinajstić information content (AvgIpc) is 2.43. The number of hydrogen-bond donors (Lipinski definition) is 2. The van der Waals surface area contributed by atoms with Crippen LogP contribution in [0.2, 0.25) is 0 Å². The Hall–Kier alpha value is -1.10. The fourth-order valence-electron chi connectivity index (χ4n) is 2.42. The lowest BCUT2D eigenvalue weighted by molar-refractivity contribution is -0.0329. The summed E-state index contributed by atoms with van der Waals surface area (Å²) in [6.07, 6.45) is 2.99. The summed E-state index contributed by atoms with van der Waals surface area (Å²) in [4.78, 5) is 2.10. The summed E-state index contributed by atoms with van der Waals surface area (Å²) < 4.78 is 5.69. The molecule has 4 heteroatoms. The predicted octanol–water partition coefficient (Wildman–Crippen LogP) is 2.19. The second-order valence-electron chi connectivity index (χ2n) is 6.40. The number of nitrogens with zero attached hydrogens (tertiary/aromatic N) is 1. The van der Waals surface area contributed by atoms with Gasteiger partial charge in [0.25, 0.3) is 0 Å². The number of benzene rings is 1. The molecule has 2 rings (SSSR count). The first kappa shape index (κ1) is 16.3. The summed E-state index contributed by atoms with van der Waals surface area (Å²) in [6.45, 7) is 4.42. The second-order valence-corrected chi connectivity index (χ2v) is 6.40. The molecule has 0 aromatic heterocycles. The Balaban J connectivity index is 1.77. The Bertz CT molecular complexity index is 427. The van der Waals surface area contributed by atoms with E-state index in [-0.39, 0.29) is 6.04 Å². The molecule has 0 bridgehead atoms. The second kappa shape index (κ2) is 7.25. The van der Waals surface area contributed by atoms with Crippen LogP contribution < -0.4 is 10.1 Å². The number of aliphatic hydroxyl groups is 1. The van der Waals surface area contributed by atoms with E-state index in [2.05, 4.69) is 29.3 Å². The van der Waals surface area contributed by atoms with Crippen LogP contribution in [0.5, 0.6) is 5.75 Å². The third-order valence-corrected chi connectivity index (χ3v) is 4.21. The van der Waals surface area contributed by atoms with Gasteiger partial charge >= 0.3 is 0 Å². The van der Waals surface area contributed by atoms with Crippen molar-refractivity contribution in [3.63, 3.8) is 0 Å². The molecule has 1 aliphatic carbocycles. The van der Waals surface area contributed by atoms with E-state index < -0.39 is 5.60 Å². The molecule has 1 atom stereocenters. The highest BCUT2D eigenvalue weighted by Gasteiger charge is 2.34. The van der Waals surface area contributed by atoms with E-state index in [1.807, 2.05) is 26.2 Å². The van der Waals surface area contributed by atoms with Crippen molar-refractivity contribution >= 4 is 0 Å². The highest BCUT2D eigenvalue weighted by molar-refractivity contribution is 5.29. The van der Waals surface area contributed by atoms with E-state index in [0.29, 0.717) is 13.2 Å². The quantitative estimate of drug-likeness (QED) is 0.771. The van der Waals surface area contributed by atoms with Gasteiger partial charge in [-0.15, -0.1) is 0 Å². The fraction of sp³-hybridized carbons (Fsp3) is 0.647. The van der Waals surface area contributed by atoms with E-state index in [4.69, 9.17) is 4.74 Å². The Morgan fingerprint density at radius 2 is 1.95 bits per heavy atom. The highest BCUT2D eigenvalue weighted by atomic mass is 16.5. The number of hydrogen-bond acceptors (Lipinski definition) is 4. The first-order chi connectivity index (χ1) is 9.98. The molecule has 0 heterocycles. The third-order valence-electron chi connectivity index (χ3n) is 4.21. The molecule has 1 fully saturated rings. The maximum atomic E-state index is 10.1. The number of rotatable bonds is 8. The maximum Gasteiger partial charge on any atom is 0.119 e. The molecular formula is C17H28N2O2. The number of ether oxygens (including phenoxy) is 1. The smallest absolute Gasteiger partial charge is 0.119 e. The standard InChI is InChI=1S/C17H28N2O2/c1-14(18-13-17(20)9-4-10-17)15-5-7-16(8-6-15)21-12-11-19(2)3/h5-8,14,18,20H,4,9-13H2,1-3H3. The molecule has 0 amide bonds. The van der Waals surface area contributed by atoms with Crippen molar-refractivity contribution in [2.45, 2.75) is 37.8 Å². The molecule has 21 heavy (non-hydrogen) atoms. The molecule has 1 aliphatic rings. The van der Waals surface area contributed by atoms with Crippen LogP contribution in [0, 0.1) is 0 Å². The normalized spacial score (nSPS) is 18.3. The van der Waals surface area contributed by atoms with Gasteiger partial charge in [0.05, 0.1) is 5.60 Å². The zero-order valence-corrected chi connectivity index (χ0v) is 13.4. The summed E-state index contributed by atoms with van der Waals surface area (Å²) in [7, 11) is 4.08. The number of likely N-dealkylation sites (N-methyl/N-ethyl adjacent to an activating group) is 1. The van der Waals surface area contributed by atoms with Crippen molar-refractivity contribution in [1.82, 2.24) is 10.2 Å². The molecule has 1 aromatic carbocycles. The molecule has 118 valence electrons. The van der Waals surface area contributed by atoms with E-state index in [0.717, 1.165) is 31.6 Å². The zero-order chi connectivity index (χ0) is 15.3. The Morgan fingerprint density at radius 3 is 2.48 bits per heavy atom. The van der Waals surface area contributed by atoms with Gasteiger partial charge in [-0.1, -0.05) is 12.1 Å². The minimum absolute atomic E-state index is 0.241. The summed E-state index contributed by atoms with van der Waals surface area (Å²) in [5.41, 5.74) is 0.752. The first-order valence-corrected chi connectivity index (χ1v) is 7.82. The monoisotopic (exact) mass is 292 g/mol. The zero-order valence-electron chi connectivity index (χ0n) is 13.4. The van der Waals surface area contributed by atoms with E-state index in [1.165, 1.54) is 5.56 Å². The SMILES string of the molecule is CC(NCC1(O)CCC1)c1ccc(OCCN(C)C)cc1. The largest absolute Gasteiger partial charge is 0.492 e. The molecule has 1 aromatic rings. The van der Waals surface area contributed by atoms with Gasteiger partial charge in [0.15, 0.2) is 0 Å². The predicted molar refractivity (Wildman–Crippen MR) is 85.7 cm³/mol. The van der Waals surface area contributed by atoms with Crippen LogP contribution in [-0.4, -0.2) is 49.4 Å². The van der Waals surface area contributed by atoms with Crippen molar-refractivity contribution in [2.24, 2.45) is 0 Å². The van der Waals surface area contributed by atoms with Gasteiger partial charge in [0.1, 0.15) is 12.4 Å². The Morgan fingerprint density at radius 1 is 1.29 bits per heavy atom. The molecule has 0 saturated heterocycles. The molecule has 0 spiro atoms. The molecule has 4 nitrogen and oxygen atoms in total. The Kier molecular flexibility index (Phi) is 5.62. The molecule has 1 saturated carbocycles. The summed E-state index contributed by atoms with van der Waals surface area (Å²) in [5.74, 6) is 0.908. The van der Waals surface area contributed by atoms with Crippen LogP contribution in [0.3, 0.4) is 0 Å². The minimum atomic E-state index is -0.469. The Labute approximate surface area is 128 Å². The summed E-state index contributed by atoms with van der Waals surface area (Å²) in [6, 6.07) is 8.45. The summed E-state index contributed by atoms with van der Waals surface area (Å²) in [5, 5.41) is 13.5. The topological polar surface area (TPSA) is 44.7 Å². The lowest BCUT2D eigenvalue weighted by Gasteiger charge is -2.37. The third kappa shape index (κ3) is 4.99. The van der Waals surface area contributed by atoms with Crippen LogP contribution in [0.1, 0.15) is 37.8 Å². The van der Waals surface area contributed by atoms with Gasteiger partial charge in [-0.2, -0.15) is 0 Å². The molecule has 0 radical (unpaired) electrons. The lowest BCUT2D eigenvalue weighted by atomic mass is 9.80. The van der Waals surface area contributed by atoms with E-state index in [1.54, 1.807) is 0 Å². The van der Waals surface area contributed by atoms with Gasteiger partial charge in [-0.3, -0.25) is 0 Å². The first-order valence-electron chi connectivity index (χ1n) is 7.82. The van der Waals surface area contributed by atoms with E-state index in [9.17, 15) is 5.11 Å². The van der Waals surface area contributed by atoms with Crippen molar-refractivity contribution < 1.29 is 9.84 Å². The van der Waals surface area contributed by atoms with Crippen molar-refractivity contribution in [1.29, 1.82) is 0 Å². The van der Waals surface area contributed by atoms with Crippen LogP contribution in [-0.2, 0) is 0 Å². The van der Waals surface area contributed by atoms with Crippen LogP contribution in [0.25, 0.3) is 0 Å². The van der Waals surface area contributed by atoms with Crippen LogP contribution in [0.15, 0.2) is 24.3 Å². The molecular weight excluding hydrogens is 264 g/mol. The van der Waals surface area contributed by atoms with Gasteiger partial charge in [-0.25, -0.2) is 0 Å². The van der Waals surface area contributed by atoms with Gasteiger partial charge in [0, 0.05) is 19.1 Å². The maximum absolute atomic E-state index is 10.1.